The molecule has 1 N–H and O–H groups in total. The van der Waals surface area contributed by atoms with E-state index in [4.69, 9.17) is 0 Å². The van der Waals surface area contributed by atoms with Gasteiger partial charge in [-0.05, 0) is 44.0 Å². The summed E-state index contributed by atoms with van der Waals surface area (Å²) < 4.78 is 26.9. The van der Waals surface area contributed by atoms with Crippen LogP contribution in [0.1, 0.15) is 22.6 Å². The number of nitrogens with one attached hydrogen (secondary N) is 1. The normalized spacial score (nSPS) is 25.7. The Balaban J connectivity index is 1.49. The number of rotatable bonds is 3. The quantitative estimate of drug-likeness (QED) is 0.927. The van der Waals surface area contributed by atoms with Gasteiger partial charge in [-0.15, -0.1) is 11.3 Å². The van der Waals surface area contributed by atoms with Crippen LogP contribution >= 0.6 is 11.3 Å². The molecule has 1 atom stereocenters. The van der Waals surface area contributed by atoms with Crippen LogP contribution in [0.5, 0.6) is 0 Å². The molecular weight excluding hydrogens is 332 g/mol. The van der Waals surface area contributed by atoms with E-state index < -0.39 is 11.6 Å². The Bertz CT molecular complexity index is 771. The first kappa shape index (κ1) is 15.7. The number of carbonyl (C=O) groups is 1. The molecule has 1 amide bonds. The zero-order valence-electron chi connectivity index (χ0n) is 13.0. The standard InChI is InChI=1S/C17H17F2N3OS/c18-11-1-2-12(13(19)7-11)15-8-20-17(24-15)16(23)21-14-9-22-5-3-10(14)4-6-22/h1-2,7-8,10,14H,3-6,9H2,(H,21,23)/t14-/m0/s1. The van der Waals surface area contributed by atoms with Crippen LogP contribution in [0.2, 0.25) is 0 Å². The Hall–Kier alpha value is -1.86. The number of nitrogens with zero attached hydrogens (tertiary/aromatic N) is 2. The highest BCUT2D eigenvalue weighted by Crippen LogP contribution is 2.30. The van der Waals surface area contributed by atoms with Crippen LogP contribution in [-0.4, -0.2) is 41.5 Å². The molecule has 126 valence electrons. The molecule has 24 heavy (non-hydrogen) atoms. The van der Waals surface area contributed by atoms with Gasteiger partial charge in [0, 0.05) is 30.4 Å². The van der Waals surface area contributed by atoms with Crippen LogP contribution in [0.25, 0.3) is 10.4 Å². The second kappa shape index (κ2) is 6.22. The van der Waals surface area contributed by atoms with E-state index in [0.717, 1.165) is 49.9 Å². The van der Waals surface area contributed by atoms with Crippen molar-refractivity contribution in [2.24, 2.45) is 5.92 Å². The first-order chi connectivity index (χ1) is 11.6. The largest absolute Gasteiger partial charge is 0.346 e. The predicted octanol–water partition coefficient (Wildman–Crippen LogP) is 2.91. The SMILES string of the molecule is O=C(N[C@H]1CN2CCC1CC2)c1ncc(-c2ccc(F)cc2F)s1. The molecule has 3 fully saturated rings. The van der Waals surface area contributed by atoms with Gasteiger partial charge < -0.3 is 10.2 Å². The summed E-state index contributed by atoms with van der Waals surface area (Å²) in [5.74, 6) is -0.954. The van der Waals surface area contributed by atoms with Gasteiger partial charge in [0.05, 0.1) is 4.88 Å². The molecule has 2 bridgehead atoms. The topological polar surface area (TPSA) is 45.2 Å². The molecule has 3 saturated heterocycles. The van der Waals surface area contributed by atoms with Gasteiger partial charge in [0.15, 0.2) is 5.01 Å². The Morgan fingerprint density at radius 3 is 2.75 bits per heavy atom. The van der Waals surface area contributed by atoms with Crippen LogP contribution in [0, 0.1) is 17.6 Å². The number of piperidine rings is 3. The number of thiazole rings is 1. The van der Waals surface area contributed by atoms with Crippen LogP contribution in [-0.2, 0) is 0 Å². The van der Waals surface area contributed by atoms with Crippen molar-refractivity contribution in [1.82, 2.24) is 15.2 Å². The van der Waals surface area contributed by atoms with Crippen LogP contribution in [0.3, 0.4) is 0 Å². The highest BCUT2D eigenvalue weighted by atomic mass is 32.1. The number of benzene rings is 1. The van der Waals surface area contributed by atoms with Crippen LogP contribution in [0.4, 0.5) is 8.78 Å². The molecule has 0 saturated carbocycles. The summed E-state index contributed by atoms with van der Waals surface area (Å²) in [6.07, 6.45) is 3.70. The number of fused-ring (bicyclic) bond motifs is 3. The Labute approximate surface area is 142 Å². The first-order valence-electron chi connectivity index (χ1n) is 8.04. The lowest BCUT2D eigenvalue weighted by Crippen LogP contribution is -2.57. The Kier molecular flexibility index (Phi) is 4.05. The van der Waals surface area contributed by atoms with Crippen molar-refractivity contribution in [2.45, 2.75) is 18.9 Å². The summed E-state index contributed by atoms with van der Waals surface area (Å²) in [4.78, 5) is 19.4. The molecule has 1 aromatic heterocycles. The molecule has 1 aromatic carbocycles. The molecule has 4 heterocycles. The van der Waals surface area contributed by atoms with Crippen LogP contribution in [0.15, 0.2) is 24.4 Å². The smallest absolute Gasteiger partial charge is 0.280 e. The summed E-state index contributed by atoms with van der Waals surface area (Å²) in [5, 5.41) is 3.38. The molecule has 2 aromatic rings. The maximum Gasteiger partial charge on any atom is 0.280 e. The fourth-order valence-electron chi connectivity index (χ4n) is 3.55. The van der Waals surface area contributed by atoms with E-state index in [-0.39, 0.29) is 17.5 Å². The molecule has 5 rings (SSSR count). The van der Waals surface area contributed by atoms with Crippen LogP contribution < -0.4 is 5.32 Å². The van der Waals surface area contributed by atoms with Gasteiger partial charge in [-0.2, -0.15) is 0 Å². The van der Waals surface area contributed by atoms with Gasteiger partial charge in [0.1, 0.15) is 11.6 Å². The van der Waals surface area contributed by atoms with Gasteiger partial charge in [-0.1, -0.05) is 0 Å². The number of amides is 1. The second-order valence-corrected chi connectivity index (χ2v) is 7.40. The monoisotopic (exact) mass is 349 g/mol. The average molecular weight is 349 g/mol. The van der Waals surface area contributed by atoms with E-state index in [2.05, 4.69) is 15.2 Å². The summed E-state index contributed by atoms with van der Waals surface area (Å²) >= 11 is 1.12. The molecule has 0 unspecified atom stereocenters. The number of halogens is 2. The van der Waals surface area contributed by atoms with Crippen molar-refractivity contribution in [3.05, 3.63) is 41.0 Å². The van der Waals surface area contributed by atoms with E-state index in [0.29, 0.717) is 15.8 Å². The van der Waals surface area contributed by atoms with Gasteiger partial charge in [-0.25, -0.2) is 13.8 Å². The zero-order valence-corrected chi connectivity index (χ0v) is 13.8. The maximum absolute atomic E-state index is 13.9. The second-order valence-electron chi connectivity index (χ2n) is 6.37. The predicted molar refractivity (Wildman–Crippen MR) is 87.9 cm³/mol. The van der Waals surface area contributed by atoms with Crippen molar-refractivity contribution < 1.29 is 13.6 Å². The molecule has 4 nitrogen and oxygen atoms in total. The van der Waals surface area contributed by atoms with Crippen molar-refractivity contribution in [3.63, 3.8) is 0 Å². The minimum Gasteiger partial charge on any atom is -0.346 e. The van der Waals surface area contributed by atoms with Crippen molar-refractivity contribution >= 4 is 17.2 Å². The summed E-state index contributed by atoms with van der Waals surface area (Å²) in [5.41, 5.74) is 0.260. The minimum atomic E-state index is -0.650. The molecular formula is C17H17F2N3OS. The maximum atomic E-state index is 13.9. The van der Waals surface area contributed by atoms with Gasteiger partial charge in [0.2, 0.25) is 0 Å². The first-order valence-corrected chi connectivity index (χ1v) is 8.86. The zero-order chi connectivity index (χ0) is 16.7. The van der Waals surface area contributed by atoms with E-state index in [1.54, 1.807) is 0 Å². The molecule has 0 spiro atoms. The molecule has 7 heteroatoms. The van der Waals surface area contributed by atoms with E-state index in [1.165, 1.54) is 18.3 Å². The van der Waals surface area contributed by atoms with Gasteiger partial charge in [0.25, 0.3) is 5.91 Å². The third-order valence-electron chi connectivity index (χ3n) is 4.87. The van der Waals surface area contributed by atoms with Crippen molar-refractivity contribution in [1.29, 1.82) is 0 Å². The number of carbonyl (C=O) groups excluding carboxylic acids is 1. The Morgan fingerprint density at radius 2 is 2.08 bits per heavy atom. The molecule has 3 aliphatic rings. The molecule has 0 radical (unpaired) electrons. The number of aromatic nitrogens is 1. The van der Waals surface area contributed by atoms with Crippen molar-refractivity contribution in [3.8, 4) is 10.4 Å². The number of hydrogen-bond acceptors (Lipinski definition) is 4. The van der Waals surface area contributed by atoms with Gasteiger partial charge in [-0.3, -0.25) is 4.79 Å². The van der Waals surface area contributed by atoms with E-state index >= 15 is 0 Å². The lowest BCUT2D eigenvalue weighted by molar-refractivity contribution is 0.0620. The minimum absolute atomic E-state index is 0.162. The summed E-state index contributed by atoms with van der Waals surface area (Å²) in [6, 6.07) is 3.57. The van der Waals surface area contributed by atoms with E-state index in [1.807, 2.05) is 0 Å². The molecule has 0 aliphatic carbocycles. The van der Waals surface area contributed by atoms with Gasteiger partial charge >= 0.3 is 0 Å². The average Bonchev–Trinajstić information content (AvgIpc) is 3.06. The highest BCUT2D eigenvalue weighted by Gasteiger charge is 2.35. The lowest BCUT2D eigenvalue weighted by atomic mass is 9.84. The van der Waals surface area contributed by atoms with E-state index in [9.17, 15) is 13.6 Å². The Morgan fingerprint density at radius 1 is 1.29 bits per heavy atom. The molecule has 3 aliphatic heterocycles. The fourth-order valence-corrected chi connectivity index (χ4v) is 4.40. The third-order valence-corrected chi connectivity index (χ3v) is 5.90. The lowest BCUT2D eigenvalue weighted by Gasteiger charge is -2.44. The summed E-state index contributed by atoms with van der Waals surface area (Å²) in [6.45, 7) is 3.12. The van der Waals surface area contributed by atoms with Crippen molar-refractivity contribution in [2.75, 3.05) is 19.6 Å². The third kappa shape index (κ3) is 2.93. The summed E-state index contributed by atoms with van der Waals surface area (Å²) in [7, 11) is 0. The number of hydrogen-bond donors (Lipinski definition) is 1. The fraction of sp³-hybridized carbons (Fsp3) is 0.412. The highest BCUT2D eigenvalue weighted by molar-refractivity contribution is 7.17.